The van der Waals surface area contributed by atoms with E-state index in [-0.39, 0.29) is 18.9 Å². The van der Waals surface area contributed by atoms with Crippen LogP contribution in [0.2, 0.25) is 0 Å². The van der Waals surface area contributed by atoms with Gasteiger partial charge in [0.05, 0.1) is 13.2 Å². The van der Waals surface area contributed by atoms with Crippen molar-refractivity contribution in [1.82, 2.24) is 4.90 Å². The summed E-state index contributed by atoms with van der Waals surface area (Å²) in [4.78, 5) is 24.3. The van der Waals surface area contributed by atoms with E-state index in [0.717, 1.165) is 5.56 Å². The molecule has 20 heavy (non-hydrogen) atoms. The van der Waals surface area contributed by atoms with Gasteiger partial charge in [-0.15, -0.1) is 0 Å². The number of carboxylic acids is 1. The minimum atomic E-state index is -2.33. The average Bonchev–Trinajstić information content (AvgIpc) is 2.83. The first-order valence-electron chi connectivity index (χ1n) is 6.26. The maximum atomic E-state index is 13.9. The summed E-state index contributed by atoms with van der Waals surface area (Å²) in [5, 5.41) is 8.83. The molecule has 0 aromatic heterocycles. The van der Waals surface area contributed by atoms with Gasteiger partial charge in [-0.2, -0.15) is 0 Å². The summed E-state index contributed by atoms with van der Waals surface area (Å²) < 4.78 is 18.9. The molecule has 1 aromatic rings. The van der Waals surface area contributed by atoms with Gasteiger partial charge >= 0.3 is 5.97 Å². The van der Waals surface area contributed by atoms with Crippen molar-refractivity contribution < 1.29 is 23.8 Å². The molecule has 0 bridgehead atoms. The Hall–Kier alpha value is -1.95. The van der Waals surface area contributed by atoms with Crippen LogP contribution in [0.3, 0.4) is 0 Å². The molecular weight excluding hydrogens is 265 g/mol. The molecule has 5 nitrogen and oxygen atoms in total. The summed E-state index contributed by atoms with van der Waals surface area (Å²) in [6, 6.07) is 6.84. The quantitative estimate of drug-likeness (QED) is 0.907. The third kappa shape index (κ3) is 2.80. The minimum Gasteiger partial charge on any atom is -0.479 e. The van der Waals surface area contributed by atoms with E-state index in [2.05, 4.69) is 0 Å². The Labute approximate surface area is 116 Å². The molecule has 0 aliphatic carbocycles. The van der Waals surface area contributed by atoms with Crippen LogP contribution in [-0.2, 0) is 16.1 Å². The van der Waals surface area contributed by atoms with Crippen molar-refractivity contribution in [1.29, 1.82) is 0 Å². The number of benzene rings is 1. The molecule has 2 rings (SSSR count). The SMILES string of the molecule is COCc1cccc(C(=O)N2CCC(F)(C(=O)O)C2)c1. The summed E-state index contributed by atoms with van der Waals surface area (Å²) in [5.74, 6) is -1.87. The first-order chi connectivity index (χ1) is 9.46. The van der Waals surface area contributed by atoms with Gasteiger partial charge in [0, 0.05) is 25.6 Å². The van der Waals surface area contributed by atoms with Crippen molar-refractivity contribution in [2.75, 3.05) is 20.2 Å². The first kappa shape index (κ1) is 14.5. The lowest BCUT2D eigenvalue weighted by atomic mass is 10.1. The van der Waals surface area contributed by atoms with Gasteiger partial charge in [-0.1, -0.05) is 12.1 Å². The van der Waals surface area contributed by atoms with Crippen LogP contribution in [0.4, 0.5) is 4.39 Å². The van der Waals surface area contributed by atoms with Gasteiger partial charge in [-0.25, -0.2) is 9.18 Å². The number of rotatable bonds is 4. The van der Waals surface area contributed by atoms with E-state index < -0.39 is 18.2 Å². The fraction of sp³-hybridized carbons (Fsp3) is 0.429. The summed E-state index contributed by atoms with van der Waals surface area (Å²) >= 11 is 0. The van der Waals surface area contributed by atoms with E-state index in [9.17, 15) is 14.0 Å². The minimum absolute atomic E-state index is 0.107. The Morgan fingerprint density at radius 1 is 1.50 bits per heavy atom. The average molecular weight is 281 g/mol. The van der Waals surface area contributed by atoms with E-state index in [4.69, 9.17) is 9.84 Å². The van der Waals surface area contributed by atoms with Crippen LogP contribution in [0, 0.1) is 0 Å². The molecule has 1 fully saturated rings. The van der Waals surface area contributed by atoms with Crippen LogP contribution < -0.4 is 0 Å². The molecule has 1 N–H and O–H groups in total. The summed E-state index contributed by atoms with van der Waals surface area (Å²) in [6.07, 6.45) is -0.175. The van der Waals surface area contributed by atoms with Gasteiger partial charge in [0.15, 0.2) is 0 Å². The number of amides is 1. The zero-order chi connectivity index (χ0) is 14.8. The van der Waals surface area contributed by atoms with Crippen LogP contribution in [0.25, 0.3) is 0 Å². The number of ether oxygens (including phenoxy) is 1. The Morgan fingerprint density at radius 3 is 2.85 bits per heavy atom. The second kappa shape index (κ2) is 5.58. The van der Waals surface area contributed by atoms with Crippen molar-refractivity contribution in [2.45, 2.75) is 18.7 Å². The molecule has 0 saturated carbocycles. The Bertz CT molecular complexity index is 534. The summed E-state index contributed by atoms with van der Waals surface area (Å²) in [6.45, 7) is 0.0785. The number of halogens is 1. The van der Waals surface area contributed by atoms with Crippen molar-refractivity contribution >= 4 is 11.9 Å². The summed E-state index contributed by atoms with van der Waals surface area (Å²) in [7, 11) is 1.55. The third-order valence-corrected chi connectivity index (χ3v) is 3.37. The molecule has 1 saturated heterocycles. The zero-order valence-corrected chi connectivity index (χ0v) is 11.1. The molecular formula is C14H16FNO4. The highest BCUT2D eigenvalue weighted by atomic mass is 19.1. The number of likely N-dealkylation sites (tertiary alicyclic amines) is 1. The number of carbonyl (C=O) groups excluding carboxylic acids is 1. The highest BCUT2D eigenvalue weighted by molar-refractivity contribution is 5.95. The highest BCUT2D eigenvalue weighted by Crippen LogP contribution is 2.27. The lowest BCUT2D eigenvalue weighted by Crippen LogP contribution is -2.38. The molecule has 1 amide bonds. The van der Waals surface area contributed by atoms with Crippen molar-refractivity contribution in [3.8, 4) is 0 Å². The molecule has 1 atom stereocenters. The first-order valence-corrected chi connectivity index (χ1v) is 6.26. The molecule has 6 heteroatoms. The third-order valence-electron chi connectivity index (χ3n) is 3.37. The molecule has 1 aliphatic heterocycles. The van der Waals surface area contributed by atoms with E-state index in [1.54, 1.807) is 25.3 Å². The number of carbonyl (C=O) groups is 2. The van der Waals surface area contributed by atoms with Crippen LogP contribution >= 0.6 is 0 Å². The van der Waals surface area contributed by atoms with Gasteiger partial charge in [0.1, 0.15) is 0 Å². The smallest absolute Gasteiger partial charge is 0.343 e. The molecule has 1 aromatic carbocycles. The largest absolute Gasteiger partial charge is 0.479 e. The molecule has 108 valence electrons. The number of aliphatic carboxylic acids is 1. The molecule has 1 heterocycles. The normalized spacial score (nSPS) is 22.0. The van der Waals surface area contributed by atoms with E-state index in [1.165, 1.54) is 4.90 Å². The van der Waals surface area contributed by atoms with Crippen LogP contribution in [0.1, 0.15) is 22.3 Å². The highest BCUT2D eigenvalue weighted by Gasteiger charge is 2.46. The molecule has 1 unspecified atom stereocenters. The van der Waals surface area contributed by atoms with Crippen molar-refractivity contribution in [2.24, 2.45) is 0 Å². The monoisotopic (exact) mass is 281 g/mol. The predicted molar refractivity (Wildman–Crippen MR) is 69.2 cm³/mol. The predicted octanol–water partition coefficient (Wildman–Crippen LogP) is 1.47. The van der Waals surface area contributed by atoms with Gasteiger partial charge in [0.2, 0.25) is 5.67 Å². The topological polar surface area (TPSA) is 66.8 Å². The second-order valence-electron chi connectivity index (χ2n) is 4.88. The molecule has 0 spiro atoms. The number of methoxy groups -OCH3 is 1. The number of alkyl halides is 1. The van der Waals surface area contributed by atoms with Crippen LogP contribution in [0.15, 0.2) is 24.3 Å². The lowest BCUT2D eigenvalue weighted by molar-refractivity contribution is -0.149. The fourth-order valence-electron chi connectivity index (χ4n) is 2.26. The van der Waals surface area contributed by atoms with Gasteiger partial charge in [-0.3, -0.25) is 4.79 Å². The second-order valence-corrected chi connectivity index (χ2v) is 4.88. The van der Waals surface area contributed by atoms with Gasteiger partial charge in [-0.05, 0) is 17.7 Å². The van der Waals surface area contributed by atoms with Gasteiger partial charge in [0.25, 0.3) is 5.91 Å². The van der Waals surface area contributed by atoms with E-state index in [0.29, 0.717) is 12.2 Å². The van der Waals surface area contributed by atoms with E-state index in [1.807, 2.05) is 6.07 Å². The number of nitrogens with zero attached hydrogens (tertiary/aromatic N) is 1. The number of hydrogen-bond acceptors (Lipinski definition) is 3. The van der Waals surface area contributed by atoms with Crippen molar-refractivity contribution in [3.63, 3.8) is 0 Å². The zero-order valence-electron chi connectivity index (χ0n) is 11.1. The summed E-state index contributed by atoms with van der Waals surface area (Å²) in [5.41, 5.74) is -1.09. The van der Waals surface area contributed by atoms with Crippen LogP contribution in [0.5, 0.6) is 0 Å². The Kier molecular flexibility index (Phi) is 4.04. The van der Waals surface area contributed by atoms with Crippen LogP contribution in [-0.4, -0.2) is 47.8 Å². The lowest BCUT2D eigenvalue weighted by Gasteiger charge is -2.18. The Morgan fingerprint density at radius 2 is 2.25 bits per heavy atom. The van der Waals surface area contributed by atoms with Gasteiger partial charge < -0.3 is 14.7 Å². The number of hydrogen-bond donors (Lipinski definition) is 1. The maximum absolute atomic E-state index is 13.9. The maximum Gasteiger partial charge on any atom is 0.343 e. The standard InChI is InChI=1S/C14H16FNO4/c1-20-8-10-3-2-4-11(7-10)12(17)16-6-5-14(15,9-16)13(18)19/h2-4,7H,5-6,8-9H2,1H3,(H,18,19). The fourth-order valence-corrected chi connectivity index (χ4v) is 2.26. The van der Waals surface area contributed by atoms with E-state index >= 15 is 0 Å². The van der Waals surface area contributed by atoms with Crippen molar-refractivity contribution in [3.05, 3.63) is 35.4 Å². The number of carboxylic acid groups (broad SMARTS) is 1. The Balaban J connectivity index is 2.13. The molecule has 1 aliphatic rings. The molecule has 0 radical (unpaired) electrons.